The Labute approximate surface area is 189 Å². The van der Waals surface area contributed by atoms with Crippen molar-refractivity contribution in [2.24, 2.45) is 0 Å². The molecule has 0 atom stereocenters. The number of rotatable bonds is 6. The van der Waals surface area contributed by atoms with E-state index in [1.54, 1.807) is 11.3 Å². The van der Waals surface area contributed by atoms with Gasteiger partial charge in [0.15, 0.2) is 5.13 Å². The predicted molar refractivity (Wildman–Crippen MR) is 128 cm³/mol. The first-order valence-electron chi connectivity index (χ1n) is 10.3. The molecule has 1 amide bonds. The van der Waals surface area contributed by atoms with Crippen molar-refractivity contribution in [3.8, 4) is 11.3 Å². The van der Waals surface area contributed by atoms with E-state index in [1.165, 1.54) is 11.3 Å². The number of hydrogen-bond acceptors (Lipinski definition) is 7. The summed E-state index contributed by atoms with van der Waals surface area (Å²) in [6.07, 6.45) is 0. The molecule has 8 heteroatoms. The zero-order valence-corrected chi connectivity index (χ0v) is 18.7. The Balaban J connectivity index is 1.10. The van der Waals surface area contributed by atoms with Crippen molar-refractivity contribution in [1.82, 2.24) is 19.8 Å². The first kappa shape index (κ1) is 20.3. The van der Waals surface area contributed by atoms with Gasteiger partial charge in [0.2, 0.25) is 5.91 Å². The molecule has 0 aliphatic carbocycles. The molecule has 0 radical (unpaired) electrons. The van der Waals surface area contributed by atoms with Gasteiger partial charge in [0.05, 0.1) is 29.0 Å². The van der Waals surface area contributed by atoms with Gasteiger partial charge >= 0.3 is 0 Å². The summed E-state index contributed by atoms with van der Waals surface area (Å²) in [7, 11) is 0. The molecule has 2 aromatic carbocycles. The van der Waals surface area contributed by atoms with Gasteiger partial charge < -0.3 is 5.32 Å². The van der Waals surface area contributed by atoms with Gasteiger partial charge in [-0.05, 0) is 12.1 Å². The molecule has 3 heterocycles. The van der Waals surface area contributed by atoms with Crippen molar-refractivity contribution in [2.75, 3.05) is 38.0 Å². The maximum Gasteiger partial charge on any atom is 0.240 e. The van der Waals surface area contributed by atoms with E-state index in [2.05, 4.69) is 37.6 Å². The number of anilines is 1. The highest BCUT2D eigenvalue weighted by Crippen LogP contribution is 2.25. The van der Waals surface area contributed by atoms with Crippen LogP contribution in [0.2, 0.25) is 0 Å². The Morgan fingerprint density at radius 1 is 0.935 bits per heavy atom. The monoisotopic (exact) mass is 449 g/mol. The molecule has 1 fully saturated rings. The molecular weight excluding hydrogens is 426 g/mol. The summed E-state index contributed by atoms with van der Waals surface area (Å²) < 4.78 is 1.09. The van der Waals surface area contributed by atoms with Crippen molar-refractivity contribution < 1.29 is 4.79 Å². The number of aromatic nitrogens is 2. The molecule has 0 spiro atoms. The zero-order chi connectivity index (χ0) is 21.0. The molecule has 5 rings (SSSR count). The summed E-state index contributed by atoms with van der Waals surface area (Å²) >= 11 is 3.23. The second kappa shape index (κ2) is 9.23. The largest absolute Gasteiger partial charge is 0.301 e. The van der Waals surface area contributed by atoms with E-state index in [0.717, 1.165) is 59.2 Å². The number of nitrogens with one attached hydrogen (secondary N) is 1. The second-order valence-electron chi connectivity index (χ2n) is 7.58. The lowest BCUT2D eigenvalue weighted by molar-refractivity contribution is -0.117. The Kier molecular flexibility index (Phi) is 6.04. The first-order valence-corrected chi connectivity index (χ1v) is 12.0. The summed E-state index contributed by atoms with van der Waals surface area (Å²) in [6.45, 7) is 4.90. The van der Waals surface area contributed by atoms with Gasteiger partial charge in [0, 0.05) is 37.1 Å². The average Bonchev–Trinajstić information content (AvgIpc) is 3.42. The molecule has 0 saturated carbocycles. The number of benzene rings is 2. The third-order valence-corrected chi connectivity index (χ3v) is 7.14. The van der Waals surface area contributed by atoms with Crippen LogP contribution in [0.4, 0.5) is 5.13 Å². The van der Waals surface area contributed by atoms with Crippen molar-refractivity contribution in [3.63, 3.8) is 0 Å². The van der Waals surface area contributed by atoms with Crippen LogP contribution >= 0.6 is 22.7 Å². The molecule has 1 saturated heterocycles. The Hall–Kier alpha value is -2.65. The number of carbonyl (C=O) groups excluding carboxylic acids is 1. The van der Waals surface area contributed by atoms with Gasteiger partial charge in [-0.15, -0.1) is 11.3 Å². The van der Waals surface area contributed by atoms with Crippen LogP contribution in [0.1, 0.15) is 5.01 Å². The van der Waals surface area contributed by atoms with E-state index in [-0.39, 0.29) is 5.91 Å². The molecule has 4 aromatic rings. The molecule has 1 aliphatic rings. The molecule has 158 valence electrons. The molecule has 1 aliphatic heterocycles. The SMILES string of the molecule is O=C(CN1CCN(Cc2nc(-c3ccccc3)cs2)CC1)Nc1nc2ccccc2s1. The lowest BCUT2D eigenvalue weighted by Crippen LogP contribution is -2.48. The number of hydrogen-bond donors (Lipinski definition) is 1. The first-order chi connectivity index (χ1) is 15.2. The molecule has 31 heavy (non-hydrogen) atoms. The van der Waals surface area contributed by atoms with Crippen LogP contribution in [-0.2, 0) is 11.3 Å². The van der Waals surface area contributed by atoms with E-state index < -0.39 is 0 Å². The lowest BCUT2D eigenvalue weighted by Gasteiger charge is -2.33. The highest BCUT2D eigenvalue weighted by atomic mass is 32.1. The minimum atomic E-state index is -0.0000625. The fourth-order valence-corrected chi connectivity index (χ4v) is 5.44. The highest BCUT2D eigenvalue weighted by Gasteiger charge is 2.20. The van der Waals surface area contributed by atoms with Gasteiger partial charge in [0.1, 0.15) is 5.01 Å². The summed E-state index contributed by atoms with van der Waals surface area (Å²) in [5.41, 5.74) is 3.13. The van der Waals surface area contributed by atoms with Gasteiger partial charge in [0.25, 0.3) is 0 Å². The van der Waals surface area contributed by atoms with E-state index in [0.29, 0.717) is 11.7 Å². The van der Waals surface area contributed by atoms with Crippen LogP contribution < -0.4 is 5.32 Å². The van der Waals surface area contributed by atoms with Crippen molar-refractivity contribution in [3.05, 3.63) is 65.0 Å². The number of fused-ring (bicyclic) bond motifs is 1. The normalized spacial score (nSPS) is 15.4. The van der Waals surface area contributed by atoms with Crippen molar-refractivity contribution in [1.29, 1.82) is 0 Å². The van der Waals surface area contributed by atoms with E-state index in [4.69, 9.17) is 4.98 Å². The molecule has 6 nitrogen and oxygen atoms in total. The number of para-hydroxylation sites is 1. The standard InChI is InChI=1S/C23H23N5OS2/c29-21(26-23-25-18-8-4-5-9-20(18)31-23)14-27-10-12-28(13-11-27)15-22-24-19(16-30-22)17-6-2-1-3-7-17/h1-9,16H,10-15H2,(H,25,26,29). The summed E-state index contributed by atoms with van der Waals surface area (Å²) in [5.74, 6) is -0.0000625. The Morgan fingerprint density at radius 2 is 1.68 bits per heavy atom. The summed E-state index contributed by atoms with van der Waals surface area (Å²) in [4.78, 5) is 26.4. The van der Waals surface area contributed by atoms with Gasteiger partial charge in [-0.1, -0.05) is 53.8 Å². The highest BCUT2D eigenvalue weighted by molar-refractivity contribution is 7.22. The third kappa shape index (κ3) is 4.99. The van der Waals surface area contributed by atoms with Crippen LogP contribution in [0.15, 0.2) is 60.0 Å². The summed E-state index contributed by atoms with van der Waals surface area (Å²) in [6, 6.07) is 18.2. The smallest absolute Gasteiger partial charge is 0.240 e. The molecule has 1 N–H and O–H groups in total. The minimum absolute atomic E-state index is 0.0000625. The average molecular weight is 450 g/mol. The summed E-state index contributed by atoms with van der Waals surface area (Å²) in [5, 5.41) is 6.89. The lowest BCUT2D eigenvalue weighted by atomic mass is 10.2. The predicted octanol–water partition coefficient (Wildman–Crippen LogP) is 4.18. The number of thiazole rings is 2. The number of piperazine rings is 1. The third-order valence-electron chi connectivity index (χ3n) is 5.35. The number of amides is 1. The zero-order valence-electron chi connectivity index (χ0n) is 17.0. The maximum absolute atomic E-state index is 12.5. The van der Waals surface area contributed by atoms with Gasteiger partial charge in [-0.3, -0.25) is 14.6 Å². The second-order valence-corrected chi connectivity index (χ2v) is 9.55. The fourth-order valence-electron chi connectivity index (χ4n) is 3.71. The van der Waals surface area contributed by atoms with Crippen molar-refractivity contribution >= 4 is 43.9 Å². The minimum Gasteiger partial charge on any atom is -0.301 e. The van der Waals surface area contributed by atoms with Crippen LogP contribution in [0.5, 0.6) is 0 Å². The van der Waals surface area contributed by atoms with Crippen LogP contribution in [-0.4, -0.2) is 58.4 Å². The van der Waals surface area contributed by atoms with Crippen LogP contribution in [0, 0.1) is 0 Å². The maximum atomic E-state index is 12.5. The molecule has 2 aromatic heterocycles. The number of nitrogens with zero attached hydrogens (tertiary/aromatic N) is 4. The van der Waals surface area contributed by atoms with E-state index >= 15 is 0 Å². The van der Waals surface area contributed by atoms with Gasteiger partial charge in [-0.2, -0.15) is 0 Å². The number of carbonyl (C=O) groups is 1. The van der Waals surface area contributed by atoms with Crippen molar-refractivity contribution in [2.45, 2.75) is 6.54 Å². The van der Waals surface area contributed by atoms with E-state index in [1.807, 2.05) is 42.5 Å². The quantitative estimate of drug-likeness (QED) is 0.479. The molecular formula is C23H23N5OS2. The van der Waals surface area contributed by atoms with Gasteiger partial charge in [-0.25, -0.2) is 9.97 Å². The fraction of sp³-hybridized carbons (Fsp3) is 0.261. The molecule has 0 unspecified atom stereocenters. The topological polar surface area (TPSA) is 61.4 Å². The van der Waals surface area contributed by atoms with E-state index in [9.17, 15) is 4.79 Å². The molecule has 0 bridgehead atoms. The van der Waals surface area contributed by atoms with Crippen LogP contribution in [0.3, 0.4) is 0 Å². The Morgan fingerprint density at radius 3 is 2.48 bits per heavy atom. The van der Waals surface area contributed by atoms with Crippen LogP contribution in [0.25, 0.3) is 21.5 Å². The Bertz CT molecular complexity index is 1130.